The fourth-order valence-corrected chi connectivity index (χ4v) is 7.43. The van der Waals surface area contributed by atoms with Crippen LogP contribution < -0.4 is 0 Å². The Labute approximate surface area is 289 Å². The number of aromatic nitrogens is 4. The molecule has 0 amide bonds. The molecule has 10 rings (SSSR count). The van der Waals surface area contributed by atoms with Gasteiger partial charge in [0.15, 0.2) is 5.65 Å². The van der Waals surface area contributed by atoms with Gasteiger partial charge in [0, 0.05) is 33.6 Å². The van der Waals surface area contributed by atoms with Crippen LogP contribution in [0.1, 0.15) is 0 Å². The van der Waals surface area contributed by atoms with Gasteiger partial charge < -0.3 is 4.57 Å². The van der Waals surface area contributed by atoms with Crippen LogP contribution >= 0.6 is 0 Å². The average Bonchev–Trinajstić information content (AvgIpc) is 3.78. The number of nitrogens with zero attached hydrogens (tertiary/aromatic N) is 4. The lowest BCUT2D eigenvalue weighted by Crippen LogP contribution is -2.05. The molecule has 0 saturated heterocycles. The zero-order valence-corrected chi connectivity index (χ0v) is 27.1. The van der Waals surface area contributed by atoms with E-state index in [2.05, 4.69) is 185 Å². The molecular formula is C46H30N4. The molecule has 3 aromatic heterocycles. The van der Waals surface area contributed by atoms with Gasteiger partial charge in [0.05, 0.1) is 16.7 Å². The highest BCUT2D eigenvalue weighted by Crippen LogP contribution is 2.39. The van der Waals surface area contributed by atoms with Crippen molar-refractivity contribution >= 4 is 43.6 Å². The molecule has 0 radical (unpaired) electrons. The zero-order valence-electron chi connectivity index (χ0n) is 27.1. The van der Waals surface area contributed by atoms with Gasteiger partial charge in [-0.2, -0.15) is 4.98 Å². The summed E-state index contributed by atoms with van der Waals surface area (Å²) in [5, 5.41) is 5.81. The van der Waals surface area contributed by atoms with Crippen LogP contribution in [-0.4, -0.2) is 19.1 Å². The highest BCUT2D eigenvalue weighted by atomic mass is 15.2. The fraction of sp³-hybridized carbons (Fsp3) is 0. The van der Waals surface area contributed by atoms with Crippen LogP contribution in [-0.2, 0) is 0 Å². The summed E-state index contributed by atoms with van der Waals surface area (Å²) in [7, 11) is 0. The number of benzene rings is 7. The number of fused-ring (bicyclic) bond motifs is 6. The highest BCUT2D eigenvalue weighted by Gasteiger charge is 2.21. The second-order valence-corrected chi connectivity index (χ2v) is 12.7. The van der Waals surface area contributed by atoms with E-state index in [9.17, 15) is 0 Å². The van der Waals surface area contributed by atoms with Crippen LogP contribution in [0.15, 0.2) is 182 Å². The first-order valence-corrected chi connectivity index (χ1v) is 16.9. The van der Waals surface area contributed by atoms with E-state index in [1.807, 2.05) is 6.07 Å². The van der Waals surface area contributed by atoms with E-state index >= 15 is 0 Å². The van der Waals surface area contributed by atoms with Crippen LogP contribution in [0, 0.1) is 0 Å². The minimum atomic E-state index is 0.635. The van der Waals surface area contributed by atoms with Crippen LogP contribution in [0.3, 0.4) is 0 Å². The SMILES string of the molecule is c1ccc(-c2cc(-c3ccccc3)cc(-c3nc(-n4c5ccccc5c5c6ccccc6ccc54)nc4c3ccn4-c3ccccc3)c2)cc1. The summed E-state index contributed by atoms with van der Waals surface area (Å²) >= 11 is 0. The summed E-state index contributed by atoms with van der Waals surface area (Å²) in [6, 6.07) is 62.2. The molecule has 0 N–H and O–H groups in total. The second-order valence-electron chi connectivity index (χ2n) is 12.7. The average molecular weight is 639 g/mol. The van der Waals surface area contributed by atoms with Gasteiger partial charge in [0.25, 0.3) is 0 Å². The summed E-state index contributed by atoms with van der Waals surface area (Å²) in [5.41, 5.74) is 10.6. The Morgan fingerprint density at radius 1 is 0.400 bits per heavy atom. The molecule has 3 heterocycles. The minimum Gasteiger partial charge on any atom is -0.301 e. The Kier molecular flexibility index (Phi) is 6.46. The van der Waals surface area contributed by atoms with Gasteiger partial charge in [0.1, 0.15) is 0 Å². The molecule has 0 spiro atoms. The molecule has 0 fully saturated rings. The summed E-state index contributed by atoms with van der Waals surface area (Å²) in [5.74, 6) is 0.635. The Bertz CT molecular complexity index is 2790. The first kappa shape index (κ1) is 28.3. The van der Waals surface area contributed by atoms with Crippen molar-refractivity contribution in [3.05, 3.63) is 182 Å². The van der Waals surface area contributed by atoms with Crippen molar-refractivity contribution in [3.63, 3.8) is 0 Å². The fourth-order valence-electron chi connectivity index (χ4n) is 7.43. The lowest BCUT2D eigenvalue weighted by molar-refractivity contribution is 0.988. The van der Waals surface area contributed by atoms with Crippen molar-refractivity contribution in [1.29, 1.82) is 0 Å². The van der Waals surface area contributed by atoms with E-state index in [-0.39, 0.29) is 0 Å². The second kappa shape index (κ2) is 11.4. The molecule has 0 aliphatic heterocycles. The van der Waals surface area contributed by atoms with Crippen molar-refractivity contribution in [1.82, 2.24) is 19.1 Å². The molecule has 10 aromatic rings. The van der Waals surface area contributed by atoms with Crippen LogP contribution in [0.2, 0.25) is 0 Å². The summed E-state index contributed by atoms with van der Waals surface area (Å²) in [6.07, 6.45) is 2.11. The molecule has 50 heavy (non-hydrogen) atoms. The summed E-state index contributed by atoms with van der Waals surface area (Å²) in [4.78, 5) is 10.9. The Balaban J connectivity index is 1.31. The molecule has 4 nitrogen and oxygen atoms in total. The zero-order chi connectivity index (χ0) is 33.0. The lowest BCUT2D eigenvalue weighted by atomic mass is 9.94. The molecule has 0 atom stereocenters. The Morgan fingerprint density at radius 3 is 1.72 bits per heavy atom. The van der Waals surface area contributed by atoms with Crippen molar-refractivity contribution < 1.29 is 0 Å². The monoisotopic (exact) mass is 638 g/mol. The van der Waals surface area contributed by atoms with E-state index in [4.69, 9.17) is 9.97 Å². The molecule has 7 aromatic carbocycles. The first-order valence-electron chi connectivity index (χ1n) is 16.9. The van der Waals surface area contributed by atoms with Gasteiger partial charge in [-0.1, -0.05) is 127 Å². The molecule has 0 bridgehead atoms. The van der Waals surface area contributed by atoms with Crippen LogP contribution in [0.5, 0.6) is 0 Å². The normalized spacial score (nSPS) is 11.6. The predicted octanol–water partition coefficient (Wildman–Crippen LogP) is 11.7. The maximum absolute atomic E-state index is 5.51. The Morgan fingerprint density at radius 2 is 1.00 bits per heavy atom. The third-order valence-electron chi connectivity index (χ3n) is 9.75. The Hall–Kier alpha value is -6.78. The van der Waals surface area contributed by atoms with Crippen LogP contribution in [0.4, 0.5) is 0 Å². The van der Waals surface area contributed by atoms with Crippen molar-refractivity contribution in [3.8, 4) is 45.1 Å². The summed E-state index contributed by atoms with van der Waals surface area (Å²) < 4.78 is 4.41. The predicted molar refractivity (Wildman–Crippen MR) is 207 cm³/mol. The molecule has 0 aliphatic rings. The molecular weight excluding hydrogens is 609 g/mol. The largest absolute Gasteiger partial charge is 0.301 e. The topological polar surface area (TPSA) is 35.6 Å². The minimum absolute atomic E-state index is 0.635. The van der Waals surface area contributed by atoms with Gasteiger partial charge in [-0.05, 0) is 81.6 Å². The molecule has 0 aliphatic carbocycles. The van der Waals surface area contributed by atoms with Gasteiger partial charge in [0.2, 0.25) is 5.95 Å². The van der Waals surface area contributed by atoms with Gasteiger partial charge >= 0.3 is 0 Å². The van der Waals surface area contributed by atoms with Crippen LogP contribution in [0.25, 0.3) is 88.8 Å². The third-order valence-corrected chi connectivity index (χ3v) is 9.75. The van der Waals surface area contributed by atoms with Gasteiger partial charge in [-0.3, -0.25) is 4.57 Å². The quantitative estimate of drug-likeness (QED) is 0.188. The van der Waals surface area contributed by atoms with E-state index < -0.39 is 0 Å². The van der Waals surface area contributed by atoms with E-state index in [0.717, 1.165) is 61.3 Å². The lowest BCUT2D eigenvalue weighted by Gasteiger charge is -2.14. The molecule has 234 valence electrons. The van der Waals surface area contributed by atoms with Gasteiger partial charge in [-0.15, -0.1) is 0 Å². The number of para-hydroxylation sites is 2. The van der Waals surface area contributed by atoms with Crippen molar-refractivity contribution in [2.24, 2.45) is 0 Å². The maximum atomic E-state index is 5.51. The first-order chi connectivity index (χ1) is 24.8. The van der Waals surface area contributed by atoms with Gasteiger partial charge in [-0.25, -0.2) is 4.98 Å². The highest BCUT2D eigenvalue weighted by molar-refractivity contribution is 6.21. The van der Waals surface area contributed by atoms with Crippen molar-refractivity contribution in [2.45, 2.75) is 0 Å². The number of rotatable bonds is 5. The molecule has 0 saturated carbocycles. The van der Waals surface area contributed by atoms with E-state index in [1.165, 1.54) is 21.5 Å². The smallest absolute Gasteiger partial charge is 0.237 e. The molecule has 0 unspecified atom stereocenters. The van der Waals surface area contributed by atoms with Crippen molar-refractivity contribution in [2.75, 3.05) is 0 Å². The van der Waals surface area contributed by atoms with E-state index in [1.54, 1.807) is 0 Å². The third kappa shape index (κ3) is 4.54. The number of hydrogen-bond acceptors (Lipinski definition) is 2. The molecule has 4 heteroatoms. The standard InChI is InChI=1S/C46H30N4/c1-4-14-31(15-5-1)34-28-35(32-16-6-2-7-17-32)30-36(29-34)44-40-26-27-49(37-19-8-3-9-20-37)45(40)48-46(47-44)50-41-23-13-12-22-39(41)43-38-21-11-10-18-33(38)24-25-42(43)50/h1-30H. The summed E-state index contributed by atoms with van der Waals surface area (Å²) in [6.45, 7) is 0. The van der Waals surface area contributed by atoms with E-state index in [0.29, 0.717) is 5.95 Å². The maximum Gasteiger partial charge on any atom is 0.237 e. The number of hydrogen-bond donors (Lipinski definition) is 0.